The Balaban J connectivity index is 2.00. The van der Waals surface area contributed by atoms with E-state index in [2.05, 4.69) is 5.32 Å². The number of nitrogens with one attached hydrogen (secondary N) is 1. The van der Waals surface area contributed by atoms with Crippen molar-refractivity contribution in [1.82, 2.24) is 0 Å². The fourth-order valence-corrected chi connectivity index (χ4v) is 2.69. The Morgan fingerprint density at radius 3 is 2.22 bits per heavy atom. The lowest BCUT2D eigenvalue weighted by molar-refractivity contribution is -0.118. The normalized spacial score (nSPS) is 10.5. The summed E-state index contributed by atoms with van der Waals surface area (Å²) in [6, 6.07) is 7.74. The van der Waals surface area contributed by atoms with E-state index < -0.39 is 5.91 Å². The third-order valence-electron chi connectivity index (χ3n) is 2.79. The molecule has 2 rings (SSSR count). The Labute approximate surface area is 152 Å². The Kier molecular flexibility index (Phi) is 6.39. The Morgan fingerprint density at radius 2 is 1.65 bits per heavy atom. The molecule has 0 heterocycles. The van der Waals surface area contributed by atoms with Crippen LogP contribution in [0.15, 0.2) is 30.3 Å². The van der Waals surface area contributed by atoms with Gasteiger partial charge in [0.2, 0.25) is 0 Å². The quantitative estimate of drug-likeness (QED) is 0.764. The molecule has 0 atom stereocenters. The molecule has 0 fully saturated rings. The molecule has 2 N–H and O–H groups in total. The van der Waals surface area contributed by atoms with E-state index in [0.717, 1.165) is 0 Å². The van der Waals surface area contributed by atoms with E-state index in [1.54, 1.807) is 12.1 Å². The number of aliphatic hydroxyl groups excluding tert-OH is 1. The fraction of sp³-hybridized carbons (Fsp3) is 0.133. The summed E-state index contributed by atoms with van der Waals surface area (Å²) in [7, 11) is 0. The average molecular weight is 395 g/mol. The summed E-state index contributed by atoms with van der Waals surface area (Å²) in [6.07, 6.45) is 0. The third-order valence-corrected chi connectivity index (χ3v) is 4.09. The van der Waals surface area contributed by atoms with Crippen LogP contribution in [0.1, 0.15) is 5.56 Å². The van der Waals surface area contributed by atoms with Crippen LogP contribution in [0.5, 0.6) is 5.75 Å². The fourth-order valence-electron chi connectivity index (χ4n) is 1.75. The summed E-state index contributed by atoms with van der Waals surface area (Å²) in [5.41, 5.74) is 1.04. The molecule has 122 valence electrons. The molecule has 0 saturated heterocycles. The van der Waals surface area contributed by atoms with Gasteiger partial charge >= 0.3 is 0 Å². The monoisotopic (exact) mass is 393 g/mol. The van der Waals surface area contributed by atoms with Gasteiger partial charge in [0.15, 0.2) is 12.4 Å². The molecule has 0 saturated carbocycles. The van der Waals surface area contributed by atoms with Crippen molar-refractivity contribution in [3.8, 4) is 5.75 Å². The minimum absolute atomic E-state index is 0.176. The maximum absolute atomic E-state index is 11.9. The van der Waals surface area contributed by atoms with Gasteiger partial charge in [-0.1, -0.05) is 46.4 Å². The lowest BCUT2D eigenvalue weighted by Gasteiger charge is -2.11. The highest BCUT2D eigenvalue weighted by Gasteiger charge is 2.12. The summed E-state index contributed by atoms with van der Waals surface area (Å²) >= 11 is 23.7. The largest absolute Gasteiger partial charge is 0.481 e. The van der Waals surface area contributed by atoms with E-state index in [1.165, 1.54) is 18.2 Å². The average Bonchev–Trinajstić information content (AvgIpc) is 2.50. The van der Waals surface area contributed by atoms with Gasteiger partial charge in [0, 0.05) is 5.69 Å². The molecule has 0 aliphatic heterocycles. The third kappa shape index (κ3) is 4.90. The summed E-state index contributed by atoms with van der Waals surface area (Å²) in [4.78, 5) is 11.9. The van der Waals surface area contributed by atoms with Gasteiger partial charge in [-0.2, -0.15) is 0 Å². The number of benzene rings is 2. The molecule has 0 spiro atoms. The van der Waals surface area contributed by atoms with Gasteiger partial charge in [0.05, 0.1) is 26.7 Å². The number of rotatable bonds is 5. The van der Waals surface area contributed by atoms with Crippen molar-refractivity contribution in [1.29, 1.82) is 0 Å². The van der Waals surface area contributed by atoms with Gasteiger partial charge in [-0.05, 0) is 35.9 Å². The van der Waals surface area contributed by atoms with E-state index in [9.17, 15) is 4.79 Å². The van der Waals surface area contributed by atoms with E-state index >= 15 is 0 Å². The van der Waals surface area contributed by atoms with Crippen molar-refractivity contribution in [2.24, 2.45) is 0 Å². The number of aliphatic hydroxyl groups is 1. The molecule has 23 heavy (non-hydrogen) atoms. The van der Waals surface area contributed by atoms with Crippen LogP contribution in [0.25, 0.3) is 0 Å². The second-order valence-electron chi connectivity index (χ2n) is 4.51. The standard InChI is InChI=1S/C15H11Cl4NO3/c16-10-2-1-9(5-11(10)17)20-14(22)7-23-15-12(18)3-8(6-21)4-13(15)19/h1-5,21H,6-7H2,(H,20,22). The Morgan fingerprint density at radius 1 is 1.00 bits per heavy atom. The molecule has 0 aromatic heterocycles. The number of anilines is 1. The van der Waals surface area contributed by atoms with E-state index in [-0.39, 0.29) is 29.0 Å². The van der Waals surface area contributed by atoms with E-state index in [0.29, 0.717) is 21.3 Å². The minimum Gasteiger partial charge on any atom is -0.481 e. The van der Waals surface area contributed by atoms with Crippen LogP contribution in [0.4, 0.5) is 5.69 Å². The molecule has 0 aliphatic carbocycles. The first kappa shape index (κ1) is 18.2. The van der Waals surface area contributed by atoms with Crippen LogP contribution >= 0.6 is 46.4 Å². The number of hydrogen-bond acceptors (Lipinski definition) is 3. The summed E-state index contributed by atoms with van der Waals surface area (Å²) < 4.78 is 5.34. The van der Waals surface area contributed by atoms with Crippen LogP contribution in [-0.2, 0) is 11.4 Å². The van der Waals surface area contributed by atoms with Gasteiger partial charge in [-0.3, -0.25) is 4.79 Å². The van der Waals surface area contributed by atoms with Crippen molar-refractivity contribution in [2.75, 3.05) is 11.9 Å². The zero-order chi connectivity index (χ0) is 17.0. The summed E-state index contributed by atoms with van der Waals surface area (Å²) in [5.74, 6) is -0.239. The van der Waals surface area contributed by atoms with Crippen LogP contribution in [0.3, 0.4) is 0 Å². The van der Waals surface area contributed by atoms with Gasteiger partial charge in [-0.25, -0.2) is 0 Å². The molecular weight excluding hydrogens is 384 g/mol. The van der Waals surface area contributed by atoms with E-state index in [4.69, 9.17) is 56.2 Å². The van der Waals surface area contributed by atoms with Gasteiger partial charge < -0.3 is 15.2 Å². The summed E-state index contributed by atoms with van der Waals surface area (Å²) in [5, 5.41) is 12.8. The van der Waals surface area contributed by atoms with Crippen molar-refractivity contribution in [2.45, 2.75) is 6.61 Å². The van der Waals surface area contributed by atoms with Gasteiger partial charge in [-0.15, -0.1) is 0 Å². The van der Waals surface area contributed by atoms with Crippen LogP contribution in [0.2, 0.25) is 20.1 Å². The number of ether oxygens (including phenoxy) is 1. The zero-order valence-corrected chi connectivity index (χ0v) is 14.6. The lowest BCUT2D eigenvalue weighted by atomic mass is 10.2. The second-order valence-corrected chi connectivity index (χ2v) is 6.14. The molecule has 0 aliphatic rings. The number of amides is 1. The second kappa shape index (κ2) is 8.08. The highest BCUT2D eigenvalue weighted by molar-refractivity contribution is 6.42. The van der Waals surface area contributed by atoms with Gasteiger partial charge in [0.1, 0.15) is 0 Å². The number of carbonyl (C=O) groups excluding carboxylic acids is 1. The maximum atomic E-state index is 11.9. The van der Waals surface area contributed by atoms with Crippen molar-refractivity contribution in [3.05, 3.63) is 56.0 Å². The smallest absolute Gasteiger partial charge is 0.262 e. The lowest BCUT2D eigenvalue weighted by Crippen LogP contribution is -2.20. The van der Waals surface area contributed by atoms with E-state index in [1.807, 2.05) is 0 Å². The molecular formula is C15H11Cl4NO3. The number of halogens is 4. The molecule has 8 heteroatoms. The first-order valence-corrected chi connectivity index (χ1v) is 7.88. The first-order chi connectivity index (χ1) is 10.9. The molecule has 2 aromatic rings. The highest BCUT2D eigenvalue weighted by Crippen LogP contribution is 2.34. The Hall–Kier alpha value is -1.17. The van der Waals surface area contributed by atoms with Crippen LogP contribution in [0, 0.1) is 0 Å². The molecule has 0 unspecified atom stereocenters. The zero-order valence-electron chi connectivity index (χ0n) is 11.6. The molecule has 0 radical (unpaired) electrons. The van der Waals surface area contributed by atoms with Crippen LogP contribution in [-0.4, -0.2) is 17.6 Å². The number of carbonyl (C=O) groups is 1. The van der Waals surface area contributed by atoms with Crippen molar-refractivity contribution >= 4 is 58.0 Å². The molecule has 0 bridgehead atoms. The predicted octanol–water partition coefficient (Wildman–Crippen LogP) is 4.81. The van der Waals surface area contributed by atoms with Crippen LogP contribution < -0.4 is 10.1 Å². The highest BCUT2D eigenvalue weighted by atomic mass is 35.5. The SMILES string of the molecule is O=C(COc1c(Cl)cc(CO)cc1Cl)Nc1ccc(Cl)c(Cl)c1. The molecule has 1 amide bonds. The molecule has 2 aromatic carbocycles. The minimum atomic E-state index is -0.415. The maximum Gasteiger partial charge on any atom is 0.262 e. The predicted molar refractivity (Wildman–Crippen MR) is 93.0 cm³/mol. The molecule has 4 nitrogen and oxygen atoms in total. The van der Waals surface area contributed by atoms with Crippen molar-refractivity contribution < 1.29 is 14.6 Å². The number of hydrogen-bond donors (Lipinski definition) is 2. The van der Waals surface area contributed by atoms with Gasteiger partial charge in [0.25, 0.3) is 5.91 Å². The Bertz CT molecular complexity index is 714. The summed E-state index contributed by atoms with van der Waals surface area (Å²) in [6.45, 7) is -0.490. The first-order valence-electron chi connectivity index (χ1n) is 6.37. The van der Waals surface area contributed by atoms with Crippen molar-refractivity contribution in [3.63, 3.8) is 0 Å². The topological polar surface area (TPSA) is 58.6 Å².